The zero-order valence-corrected chi connectivity index (χ0v) is 8.77. The average Bonchev–Trinajstić information content (AvgIpc) is 2.11. The van der Waals surface area contributed by atoms with E-state index in [1.807, 2.05) is 0 Å². The monoisotopic (exact) mass is 218 g/mol. The minimum Gasteiger partial charge on any atom is -0.273 e. The van der Waals surface area contributed by atoms with Crippen molar-refractivity contribution in [3.05, 3.63) is 35.1 Å². The van der Waals surface area contributed by atoms with E-state index in [4.69, 9.17) is 0 Å². The second kappa shape index (κ2) is 4.06. The van der Waals surface area contributed by atoms with Crippen LogP contribution in [0.1, 0.15) is 11.1 Å². The maximum atomic E-state index is 13.0. The lowest BCUT2D eigenvalue weighted by Gasteiger charge is -2.03. The molecule has 0 bridgehead atoms. The highest BCUT2D eigenvalue weighted by Gasteiger charge is 2.10. The first-order valence-electron chi connectivity index (χ1n) is 3.98. The first-order valence-corrected chi connectivity index (χ1v) is 5.55. The molecule has 14 heavy (non-hydrogen) atoms. The summed E-state index contributed by atoms with van der Waals surface area (Å²) in [5.41, 5.74) is 0.874. The van der Waals surface area contributed by atoms with Gasteiger partial charge in [-0.2, -0.15) is 8.42 Å². The molecule has 1 rings (SSSR count). The highest BCUT2D eigenvalue weighted by atomic mass is 32.2. The highest BCUT2D eigenvalue weighted by molar-refractivity contribution is 7.85. The predicted octanol–water partition coefficient (Wildman–Crippen LogP) is 1.61. The van der Waals surface area contributed by atoms with Crippen LogP contribution in [0, 0.1) is 12.7 Å². The number of benzene rings is 1. The van der Waals surface area contributed by atoms with E-state index in [9.17, 15) is 12.8 Å². The van der Waals surface area contributed by atoms with E-state index in [1.54, 1.807) is 13.0 Å². The Kier molecular flexibility index (Phi) is 3.23. The fraction of sp³-hybridized carbons (Fsp3) is 0.333. The van der Waals surface area contributed by atoms with Gasteiger partial charge in [-0.3, -0.25) is 4.18 Å². The summed E-state index contributed by atoms with van der Waals surface area (Å²) in [6.07, 6.45) is 0. The summed E-state index contributed by atoms with van der Waals surface area (Å²) < 4.78 is 39.3. The van der Waals surface area contributed by atoms with Gasteiger partial charge in [0.05, 0.1) is 7.11 Å². The van der Waals surface area contributed by atoms with Gasteiger partial charge in [0.1, 0.15) is 11.6 Å². The van der Waals surface area contributed by atoms with Crippen molar-refractivity contribution in [3.8, 4) is 0 Å². The van der Waals surface area contributed by atoms with E-state index in [-0.39, 0.29) is 5.75 Å². The molecule has 0 unspecified atom stereocenters. The minimum absolute atomic E-state index is 0.305. The smallest absolute Gasteiger partial charge is 0.271 e. The van der Waals surface area contributed by atoms with Crippen LogP contribution in [0.25, 0.3) is 0 Å². The third kappa shape index (κ3) is 2.78. The zero-order chi connectivity index (χ0) is 10.8. The van der Waals surface area contributed by atoms with Crippen LogP contribution in [0.3, 0.4) is 0 Å². The van der Waals surface area contributed by atoms with Gasteiger partial charge < -0.3 is 0 Å². The summed E-state index contributed by atoms with van der Waals surface area (Å²) in [6, 6.07) is 4.30. The van der Waals surface area contributed by atoms with Crippen molar-refractivity contribution in [1.29, 1.82) is 0 Å². The molecule has 0 amide bonds. The SMILES string of the molecule is COS(=O)(=O)Cc1ccc(C)c(F)c1. The average molecular weight is 218 g/mol. The van der Waals surface area contributed by atoms with Gasteiger partial charge in [-0.05, 0) is 24.1 Å². The van der Waals surface area contributed by atoms with Crippen molar-refractivity contribution >= 4 is 10.1 Å². The third-order valence-electron chi connectivity index (χ3n) is 1.83. The van der Waals surface area contributed by atoms with Crippen LogP contribution < -0.4 is 0 Å². The Balaban J connectivity index is 2.94. The predicted molar refractivity (Wildman–Crippen MR) is 50.8 cm³/mol. The number of aryl methyl sites for hydroxylation is 1. The molecular formula is C9H11FO3S. The molecule has 78 valence electrons. The van der Waals surface area contributed by atoms with E-state index < -0.39 is 15.9 Å². The van der Waals surface area contributed by atoms with Gasteiger partial charge in [0.25, 0.3) is 10.1 Å². The molecule has 1 aromatic rings. The fourth-order valence-corrected chi connectivity index (χ4v) is 1.69. The van der Waals surface area contributed by atoms with E-state index in [2.05, 4.69) is 4.18 Å². The second-order valence-corrected chi connectivity index (χ2v) is 4.69. The Morgan fingerprint density at radius 1 is 1.43 bits per heavy atom. The maximum absolute atomic E-state index is 13.0. The molecule has 0 aromatic heterocycles. The molecule has 0 saturated carbocycles. The number of rotatable bonds is 3. The molecule has 0 aliphatic carbocycles. The van der Waals surface area contributed by atoms with E-state index in [0.717, 1.165) is 7.11 Å². The summed E-state index contributed by atoms with van der Waals surface area (Å²) >= 11 is 0. The first kappa shape index (κ1) is 11.1. The van der Waals surface area contributed by atoms with Gasteiger partial charge in [0.15, 0.2) is 0 Å². The van der Waals surface area contributed by atoms with Crippen LogP contribution in [-0.4, -0.2) is 15.5 Å². The molecule has 0 heterocycles. The Labute approximate surface area is 82.6 Å². The van der Waals surface area contributed by atoms with Crippen LogP contribution in [-0.2, 0) is 20.1 Å². The molecule has 0 saturated heterocycles. The van der Waals surface area contributed by atoms with Crippen LogP contribution in [0.4, 0.5) is 4.39 Å². The lowest BCUT2D eigenvalue weighted by molar-refractivity contribution is 0.397. The number of hydrogen-bond acceptors (Lipinski definition) is 3. The van der Waals surface area contributed by atoms with Crippen molar-refractivity contribution in [2.45, 2.75) is 12.7 Å². The Bertz CT molecular complexity index is 426. The van der Waals surface area contributed by atoms with E-state index in [1.165, 1.54) is 12.1 Å². The van der Waals surface area contributed by atoms with Crippen molar-refractivity contribution in [1.82, 2.24) is 0 Å². The van der Waals surface area contributed by atoms with Gasteiger partial charge in [-0.1, -0.05) is 12.1 Å². The van der Waals surface area contributed by atoms with Crippen LogP contribution in [0.2, 0.25) is 0 Å². The molecule has 0 spiro atoms. The summed E-state index contributed by atoms with van der Waals surface area (Å²) in [5.74, 6) is -0.713. The maximum Gasteiger partial charge on any atom is 0.271 e. The lowest BCUT2D eigenvalue weighted by Crippen LogP contribution is -2.06. The quantitative estimate of drug-likeness (QED) is 0.724. The van der Waals surface area contributed by atoms with Gasteiger partial charge in [0, 0.05) is 0 Å². The number of hydrogen-bond donors (Lipinski definition) is 0. The topological polar surface area (TPSA) is 43.4 Å². The lowest BCUT2D eigenvalue weighted by atomic mass is 10.2. The largest absolute Gasteiger partial charge is 0.273 e. The molecule has 0 fully saturated rings. The van der Waals surface area contributed by atoms with Crippen molar-refractivity contribution in [2.24, 2.45) is 0 Å². The van der Waals surface area contributed by atoms with Gasteiger partial charge in [0.2, 0.25) is 0 Å². The Hall–Kier alpha value is -0.940. The molecule has 1 aromatic carbocycles. The molecule has 0 atom stereocenters. The molecular weight excluding hydrogens is 207 g/mol. The molecule has 0 radical (unpaired) electrons. The molecule has 0 aliphatic rings. The van der Waals surface area contributed by atoms with Crippen molar-refractivity contribution in [2.75, 3.05) is 7.11 Å². The summed E-state index contributed by atoms with van der Waals surface area (Å²) in [5, 5.41) is 0. The van der Waals surface area contributed by atoms with Crippen molar-refractivity contribution in [3.63, 3.8) is 0 Å². The van der Waals surface area contributed by atoms with Crippen molar-refractivity contribution < 1.29 is 17.0 Å². The van der Waals surface area contributed by atoms with Gasteiger partial charge >= 0.3 is 0 Å². The molecule has 5 heteroatoms. The highest BCUT2D eigenvalue weighted by Crippen LogP contribution is 2.12. The Morgan fingerprint density at radius 2 is 2.07 bits per heavy atom. The summed E-state index contributed by atoms with van der Waals surface area (Å²) in [6.45, 7) is 1.62. The summed E-state index contributed by atoms with van der Waals surface area (Å²) in [4.78, 5) is 0. The van der Waals surface area contributed by atoms with Crippen LogP contribution >= 0.6 is 0 Å². The minimum atomic E-state index is -3.57. The second-order valence-electron chi connectivity index (χ2n) is 2.95. The first-order chi connectivity index (χ1) is 6.44. The third-order valence-corrected chi connectivity index (χ3v) is 3.03. The standard InChI is InChI=1S/C9H11FO3S/c1-7-3-4-8(5-9(7)10)6-14(11,12)13-2/h3-5H,6H2,1-2H3. The van der Waals surface area contributed by atoms with Crippen LogP contribution in [0.15, 0.2) is 18.2 Å². The number of halogens is 1. The molecule has 0 N–H and O–H groups in total. The normalized spacial score (nSPS) is 11.6. The van der Waals surface area contributed by atoms with Crippen LogP contribution in [0.5, 0.6) is 0 Å². The zero-order valence-electron chi connectivity index (χ0n) is 7.95. The molecule has 3 nitrogen and oxygen atoms in total. The van der Waals surface area contributed by atoms with E-state index >= 15 is 0 Å². The fourth-order valence-electron chi connectivity index (χ4n) is 0.989. The summed E-state index contributed by atoms with van der Waals surface area (Å²) in [7, 11) is -2.49. The van der Waals surface area contributed by atoms with E-state index in [0.29, 0.717) is 11.1 Å². The Morgan fingerprint density at radius 3 is 2.57 bits per heavy atom. The van der Waals surface area contributed by atoms with Gasteiger partial charge in [-0.15, -0.1) is 0 Å². The molecule has 0 aliphatic heterocycles. The van der Waals surface area contributed by atoms with Gasteiger partial charge in [-0.25, -0.2) is 4.39 Å².